The van der Waals surface area contributed by atoms with Crippen molar-refractivity contribution in [2.24, 2.45) is 11.7 Å². The van der Waals surface area contributed by atoms with Crippen molar-refractivity contribution in [1.29, 1.82) is 0 Å². The van der Waals surface area contributed by atoms with Crippen molar-refractivity contribution in [3.63, 3.8) is 0 Å². The van der Waals surface area contributed by atoms with Crippen molar-refractivity contribution in [3.05, 3.63) is 28.7 Å². The van der Waals surface area contributed by atoms with Crippen LogP contribution in [0.5, 0.6) is 0 Å². The van der Waals surface area contributed by atoms with Crippen LogP contribution in [0.25, 0.3) is 0 Å². The second kappa shape index (κ2) is 6.64. The van der Waals surface area contributed by atoms with Crippen molar-refractivity contribution in [1.82, 2.24) is 0 Å². The summed E-state index contributed by atoms with van der Waals surface area (Å²) in [6.45, 7) is 4.15. The summed E-state index contributed by atoms with van der Waals surface area (Å²) in [4.78, 5) is 11.5. The number of amides is 1. The number of carbonyl (C=O) groups excluding carboxylic acids is 1. The van der Waals surface area contributed by atoms with Crippen LogP contribution in [0, 0.1) is 5.92 Å². The minimum absolute atomic E-state index is 0.233. The van der Waals surface area contributed by atoms with Gasteiger partial charge in [-0.2, -0.15) is 0 Å². The smallest absolute Gasteiger partial charge is 0.240 e. The first-order valence-corrected chi connectivity index (χ1v) is 6.65. The second-order valence-corrected chi connectivity index (χ2v) is 5.22. The molecule has 3 N–H and O–H groups in total. The van der Waals surface area contributed by atoms with E-state index in [0.29, 0.717) is 0 Å². The molecule has 1 rings (SSSR count). The highest BCUT2D eigenvalue weighted by molar-refractivity contribution is 9.10. The van der Waals surface area contributed by atoms with Gasteiger partial charge in [0.2, 0.25) is 5.91 Å². The molecule has 0 saturated carbocycles. The van der Waals surface area contributed by atoms with Gasteiger partial charge in [-0.25, -0.2) is 0 Å². The Morgan fingerprint density at radius 3 is 2.76 bits per heavy atom. The molecule has 3 nitrogen and oxygen atoms in total. The Balaban J connectivity index is 2.76. The van der Waals surface area contributed by atoms with Crippen LogP contribution >= 0.6 is 15.9 Å². The summed E-state index contributed by atoms with van der Waals surface area (Å²) in [5.74, 6) is -0.0672. The van der Waals surface area contributed by atoms with Gasteiger partial charge in [-0.05, 0) is 30.5 Å². The molecule has 0 radical (unpaired) electrons. The predicted octanol–water partition coefficient (Wildman–Crippen LogP) is 3.15. The van der Waals surface area contributed by atoms with E-state index in [0.717, 1.165) is 23.0 Å². The van der Waals surface area contributed by atoms with E-state index in [4.69, 9.17) is 5.73 Å². The van der Waals surface area contributed by atoms with Gasteiger partial charge < -0.3 is 11.1 Å². The van der Waals surface area contributed by atoms with Gasteiger partial charge in [0, 0.05) is 10.2 Å². The highest BCUT2D eigenvalue weighted by Gasteiger charge is 2.21. The maximum absolute atomic E-state index is 11.5. The lowest BCUT2D eigenvalue weighted by atomic mass is 9.96. The Kier molecular flexibility index (Phi) is 5.48. The molecule has 0 heterocycles. The lowest BCUT2D eigenvalue weighted by molar-refractivity contribution is -0.119. The summed E-state index contributed by atoms with van der Waals surface area (Å²) in [5.41, 5.74) is 6.35. The van der Waals surface area contributed by atoms with Crippen LogP contribution in [0.2, 0.25) is 0 Å². The summed E-state index contributed by atoms with van der Waals surface area (Å²) >= 11 is 3.40. The van der Waals surface area contributed by atoms with Gasteiger partial charge in [-0.1, -0.05) is 42.3 Å². The average molecular weight is 299 g/mol. The van der Waals surface area contributed by atoms with Crippen LogP contribution in [-0.4, -0.2) is 11.9 Å². The zero-order valence-corrected chi connectivity index (χ0v) is 11.8. The van der Waals surface area contributed by atoms with Crippen LogP contribution in [0.15, 0.2) is 28.7 Å². The number of rotatable bonds is 6. The monoisotopic (exact) mass is 298 g/mol. The molecule has 0 aromatic heterocycles. The standard InChI is InChI=1S/C13H19BrN2O/c1-3-5-9(2)12(13(15)17)16-11-7-4-6-10(14)8-11/h4,6-9,12,16H,3,5H2,1-2H3,(H2,15,17). The molecule has 2 atom stereocenters. The SMILES string of the molecule is CCCC(C)C(Nc1cccc(Br)c1)C(N)=O. The Hall–Kier alpha value is -1.03. The molecule has 0 aliphatic heterocycles. The first-order valence-electron chi connectivity index (χ1n) is 5.86. The third kappa shape index (κ3) is 4.38. The van der Waals surface area contributed by atoms with Crippen LogP contribution in [-0.2, 0) is 4.79 Å². The van der Waals surface area contributed by atoms with Gasteiger partial charge in [0.1, 0.15) is 6.04 Å². The molecule has 0 bridgehead atoms. The lowest BCUT2D eigenvalue weighted by Crippen LogP contribution is -2.40. The van der Waals surface area contributed by atoms with Crippen molar-refractivity contribution in [3.8, 4) is 0 Å². The summed E-state index contributed by atoms with van der Waals surface area (Å²) in [5, 5.41) is 3.20. The largest absolute Gasteiger partial charge is 0.373 e. The van der Waals surface area contributed by atoms with Gasteiger partial charge in [-0.15, -0.1) is 0 Å². The van der Waals surface area contributed by atoms with E-state index < -0.39 is 0 Å². The minimum Gasteiger partial charge on any atom is -0.373 e. The molecule has 1 aromatic carbocycles. The van der Waals surface area contributed by atoms with Crippen molar-refractivity contribution in [2.75, 3.05) is 5.32 Å². The van der Waals surface area contributed by atoms with E-state index in [1.54, 1.807) is 0 Å². The van der Waals surface area contributed by atoms with Gasteiger partial charge in [0.25, 0.3) is 0 Å². The molecule has 0 aliphatic carbocycles. The van der Waals surface area contributed by atoms with Crippen molar-refractivity contribution >= 4 is 27.5 Å². The summed E-state index contributed by atoms with van der Waals surface area (Å²) in [6, 6.07) is 7.42. The molecule has 17 heavy (non-hydrogen) atoms. The number of nitrogens with one attached hydrogen (secondary N) is 1. The van der Waals surface area contributed by atoms with Gasteiger partial charge in [-0.3, -0.25) is 4.79 Å². The van der Waals surface area contributed by atoms with Crippen LogP contribution < -0.4 is 11.1 Å². The molecule has 0 spiro atoms. The van der Waals surface area contributed by atoms with Crippen LogP contribution in [0.1, 0.15) is 26.7 Å². The first-order chi connectivity index (χ1) is 8.04. The Labute approximate surface area is 111 Å². The van der Waals surface area contributed by atoms with E-state index in [9.17, 15) is 4.79 Å². The fraction of sp³-hybridized carbons (Fsp3) is 0.462. The molecule has 0 fully saturated rings. The predicted molar refractivity (Wildman–Crippen MR) is 74.8 cm³/mol. The molecule has 2 unspecified atom stereocenters. The number of nitrogens with two attached hydrogens (primary N) is 1. The highest BCUT2D eigenvalue weighted by Crippen LogP contribution is 2.20. The fourth-order valence-corrected chi connectivity index (χ4v) is 2.27. The number of primary amides is 1. The van der Waals surface area contributed by atoms with Crippen molar-refractivity contribution < 1.29 is 4.79 Å². The quantitative estimate of drug-likeness (QED) is 0.848. The van der Waals surface area contributed by atoms with Gasteiger partial charge >= 0.3 is 0 Å². The van der Waals surface area contributed by atoms with Crippen LogP contribution in [0.3, 0.4) is 0 Å². The zero-order chi connectivity index (χ0) is 12.8. The van der Waals surface area contributed by atoms with Crippen LogP contribution in [0.4, 0.5) is 5.69 Å². The van der Waals surface area contributed by atoms with E-state index in [1.807, 2.05) is 31.2 Å². The maximum atomic E-state index is 11.5. The molecule has 4 heteroatoms. The topological polar surface area (TPSA) is 55.1 Å². The molecule has 0 saturated heterocycles. The number of hydrogen-bond acceptors (Lipinski definition) is 2. The Morgan fingerprint density at radius 1 is 1.53 bits per heavy atom. The van der Waals surface area contributed by atoms with Gasteiger partial charge in [0.05, 0.1) is 0 Å². The third-order valence-electron chi connectivity index (χ3n) is 2.77. The first kappa shape index (κ1) is 14.0. The summed E-state index contributed by atoms with van der Waals surface area (Å²) < 4.78 is 0.980. The third-order valence-corrected chi connectivity index (χ3v) is 3.26. The highest BCUT2D eigenvalue weighted by atomic mass is 79.9. The van der Waals surface area contributed by atoms with Crippen molar-refractivity contribution in [2.45, 2.75) is 32.7 Å². The van der Waals surface area contributed by atoms with E-state index in [-0.39, 0.29) is 17.9 Å². The molecule has 1 amide bonds. The van der Waals surface area contributed by atoms with Gasteiger partial charge in [0.15, 0.2) is 0 Å². The Morgan fingerprint density at radius 2 is 2.24 bits per heavy atom. The normalized spacial score (nSPS) is 14.1. The zero-order valence-electron chi connectivity index (χ0n) is 10.2. The fourth-order valence-electron chi connectivity index (χ4n) is 1.87. The molecular formula is C13H19BrN2O. The number of anilines is 1. The maximum Gasteiger partial charge on any atom is 0.240 e. The Bertz CT molecular complexity index is 381. The molecule has 0 aliphatic rings. The number of carbonyl (C=O) groups is 1. The molecule has 1 aromatic rings. The number of hydrogen-bond donors (Lipinski definition) is 2. The van der Waals surface area contributed by atoms with E-state index >= 15 is 0 Å². The molecule has 94 valence electrons. The summed E-state index contributed by atoms with van der Waals surface area (Å²) in [7, 11) is 0. The average Bonchev–Trinajstić information content (AvgIpc) is 2.26. The van der Waals surface area contributed by atoms with E-state index in [2.05, 4.69) is 28.2 Å². The molecular weight excluding hydrogens is 280 g/mol. The van der Waals surface area contributed by atoms with E-state index in [1.165, 1.54) is 0 Å². The number of halogens is 1. The second-order valence-electron chi connectivity index (χ2n) is 4.30. The minimum atomic E-state index is -0.316. The lowest BCUT2D eigenvalue weighted by Gasteiger charge is -2.23. The number of benzene rings is 1. The summed E-state index contributed by atoms with van der Waals surface area (Å²) in [6.07, 6.45) is 2.03.